The van der Waals surface area contributed by atoms with E-state index in [1.165, 1.54) is 6.07 Å². The molecule has 0 bridgehead atoms. The van der Waals surface area contributed by atoms with Gasteiger partial charge in [-0.05, 0) is 25.0 Å². The minimum absolute atomic E-state index is 0.0456. The molecule has 1 aromatic heterocycles. The normalized spacial score (nSPS) is 18.9. The third-order valence-electron chi connectivity index (χ3n) is 4.39. The molecule has 1 saturated heterocycles. The highest BCUT2D eigenvalue weighted by Crippen LogP contribution is 2.21. The van der Waals surface area contributed by atoms with Crippen LogP contribution in [0.5, 0.6) is 0 Å². The van der Waals surface area contributed by atoms with Crippen molar-refractivity contribution in [2.24, 2.45) is 7.05 Å². The van der Waals surface area contributed by atoms with Crippen molar-refractivity contribution in [1.82, 2.24) is 18.6 Å². The molecule has 0 spiro atoms. The fraction of sp³-hybridized carbons (Fsp3) is 0.467. The van der Waals surface area contributed by atoms with Crippen LogP contribution in [0, 0.1) is 5.82 Å². The van der Waals surface area contributed by atoms with E-state index in [1.54, 1.807) is 23.7 Å². The van der Waals surface area contributed by atoms with Crippen molar-refractivity contribution in [3.05, 3.63) is 29.8 Å². The largest absolute Gasteiger partial charge is 0.480 e. The van der Waals surface area contributed by atoms with E-state index in [1.807, 2.05) is 0 Å². The lowest BCUT2D eigenvalue weighted by molar-refractivity contribution is -0.140. The number of hydrogen-bond acceptors (Lipinski definition) is 4. The number of para-hydroxylation sites is 1. The molecule has 2 heterocycles. The molecule has 136 valence electrons. The van der Waals surface area contributed by atoms with Gasteiger partial charge in [-0.15, -0.1) is 0 Å². The van der Waals surface area contributed by atoms with Crippen LogP contribution in [0.2, 0.25) is 0 Å². The van der Waals surface area contributed by atoms with E-state index >= 15 is 0 Å². The Hall–Kier alpha value is -2.04. The van der Waals surface area contributed by atoms with Gasteiger partial charge >= 0.3 is 5.97 Å². The van der Waals surface area contributed by atoms with Gasteiger partial charge in [0.25, 0.3) is 10.2 Å². The molecule has 0 radical (unpaired) electrons. The highest BCUT2D eigenvalue weighted by molar-refractivity contribution is 7.87. The molecule has 1 unspecified atom stereocenters. The molecule has 0 saturated carbocycles. The van der Waals surface area contributed by atoms with Crippen LogP contribution in [0.4, 0.5) is 4.39 Å². The Bertz CT molecular complexity index is 912. The lowest BCUT2D eigenvalue weighted by atomic mass is 10.2. The minimum Gasteiger partial charge on any atom is -0.480 e. The topological polar surface area (TPSA) is 105 Å². The average Bonchev–Trinajstić information content (AvgIpc) is 3.15. The number of fused-ring (bicyclic) bond motifs is 1. The summed E-state index contributed by atoms with van der Waals surface area (Å²) in [6.45, 7) is 0.230. The van der Waals surface area contributed by atoms with Gasteiger partial charge in [0.15, 0.2) is 5.82 Å². The predicted octanol–water partition coefficient (Wildman–Crippen LogP) is 0.638. The van der Waals surface area contributed by atoms with Gasteiger partial charge < -0.3 is 9.67 Å². The summed E-state index contributed by atoms with van der Waals surface area (Å²) in [6, 6.07) is 3.62. The highest BCUT2D eigenvalue weighted by Gasteiger charge is 2.38. The Labute approximate surface area is 144 Å². The van der Waals surface area contributed by atoms with E-state index < -0.39 is 28.0 Å². The van der Waals surface area contributed by atoms with Gasteiger partial charge in [0.1, 0.15) is 17.4 Å². The molecule has 3 rings (SSSR count). The van der Waals surface area contributed by atoms with Crippen LogP contribution in [0.3, 0.4) is 0 Å². The molecular formula is C15H19FN4O4S. The van der Waals surface area contributed by atoms with Crippen molar-refractivity contribution in [2.45, 2.75) is 25.3 Å². The lowest BCUT2D eigenvalue weighted by Crippen LogP contribution is -2.46. The summed E-state index contributed by atoms with van der Waals surface area (Å²) < 4.78 is 43.5. The first-order valence-corrected chi connectivity index (χ1v) is 9.34. The van der Waals surface area contributed by atoms with Crippen LogP contribution in [0.1, 0.15) is 18.7 Å². The van der Waals surface area contributed by atoms with Gasteiger partial charge in [0, 0.05) is 26.6 Å². The van der Waals surface area contributed by atoms with Crippen molar-refractivity contribution in [2.75, 3.05) is 13.1 Å². The summed E-state index contributed by atoms with van der Waals surface area (Å²) in [5.74, 6) is -1.03. The molecule has 8 nitrogen and oxygen atoms in total. The van der Waals surface area contributed by atoms with Crippen LogP contribution in [-0.4, -0.2) is 52.5 Å². The average molecular weight is 370 g/mol. The summed E-state index contributed by atoms with van der Waals surface area (Å²) in [7, 11) is -2.15. The fourth-order valence-electron chi connectivity index (χ4n) is 3.10. The molecule has 0 aliphatic carbocycles. The summed E-state index contributed by atoms with van der Waals surface area (Å²) >= 11 is 0. The van der Waals surface area contributed by atoms with E-state index in [-0.39, 0.29) is 25.0 Å². The van der Waals surface area contributed by atoms with Crippen LogP contribution in [0.15, 0.2) is 18.2 Å². The van der Waals surface area contributed by atoms with Gasteiger partial charge in [0.2, 0.25) is 0 Å². The molecule has 10 heteroatoms. The number of rotatable bonds is 6. The molecule has 0 amide bonds. The third kappa shape index (κ3) is 3.37. The summed E-state index contributed by atoms with van der Waals surface area (Å²) in [5.41, 5.74) is 0.872. The first-order chi connectivity index (χ1) is 11.8. The quantitative estimate of drug-likeness (QED) is 0.776. The molecule has 1 fully saturated rings. The first-order valence-electron chi connectivity index (χ1n) is 7.90. The molecule has 25 heavy (non-hydrogen) atoms. The number of aliphatic carboxylic acids is 1. The second-order valence-corrected chi connectivity index (χ2v) is 7.66. The first kappa shape index (κ1) is 17.8. The maximum absolute atomic E-state index is 13.8. The standard InChI is InChI=1S/C15H19FN4O4S/c1-19-11-5-2-4-10(16)14(11)18-13(19)7-8-17-25(23,24)20-9-3-6-12(20)15(21)22/h2,4-5,12,17H,3,6-9H2,1H3,(H,21,22). The van der Waals surface area contributed by atoms with Crippen LogP contribution in [0.25, 0.3) is 11.0 Å². The number of carbonyl (C=O) groups is 1. The Morgan fingerprint density at radius 1 is 1.48 bits per heavy atom. The number of nitrogens with one attached hydrogen (secondary N) is 1. The molecule has 1 aromatic carbocycles. The van der Waals surface area contributed by atoms with Gasteiger partial charge in [-0.2, -0.15) is 12.7 Å². The Morgan fingerprint density at radius 2 is 2.24 bits per heavy atom. The second-order valence-electron chi connectivity index (χ2n) is 5.95. The number of aryl methyl sites for hydroxylation is 1. The van der Waals surface area contributed by atoms with Gasteiger partial charge in [-0.25, -0.2) is 14.1 Å². The zero-order valence-corrected chi connectivity index (χ0v) is 14.5. The zero-order chi connectivity index (χ0) is 18.2. The Morgan fingerprint density at radius 3 is 2.92 bits per heavy atom. The maximum atomic E-state index is 13.8. The summed E-state index contributed by atoms with van der Waals surface area (Å²) in [5, 5.41) is 9.11. The number of aromatic nitrogens is 2. The summed E-state index contributed by atoms with van der Waals surface area (Å²) in [4.78, 5) is 15.4. The SMILES string of the molecule is Cn1c(CCNS(=O)(=O)N2CCCC2C(=O)O)nc2c(F)cccc21. The molecule has 2 N–H and O–H groups in total. The number of nitrogens with zero attached hydrogens (tertiary/aromatic N) is 3. The molecule has 2 aromatic rings. The van der Waals surface area contributed by atoms with Crippen molar-refractivity contribution in [3.63, 3.8) is 0 Å². The van der Waals surface area contributed by atoms with Crippen molar-refractivity contribution in [1.29, 1.82) is 0 Å². The van der Waals surface area contributed by atoms with Crippen LogP contribution < -0.4 is 4.72 Å². The number of hydrogen-bond donors (Lipinski definition) is 2. The molecule has 1 aliphatic rings. The zero-order valence-electron chi connectivity index (χ0n) is 13.6. The Kier molecular flexibility index (Phi) is 4.76. The van der Waals surface area contributed by atoms with E-state index in [0.717, 1.165) is 4.31 Å². The molecule has 1 atom stereocenters. The minimum atomic E-state index is -3.88. The van der Waals surface area contributed by atoms with E-state index in [9.17, 15) is 17.6 Å². The second kappa shape index (κ2) is 6.70. The van der Waals surface area contributed by atoms with E-state index in [0.29, 0.717) is 24.2 Å². The smallest absolute Gasteiger partial charge is 0.322 e. The van der Waals surface area contributed by atoms with Gasteiger partial charge in [-0.3, -0.25) is 4.79 Å². The predicted molar refractivity (Wildman–Crippen MR) is 88.7 cm³/mol. The summed E-state index contributed by atoms with van der Waals surface area (Å²) in [6.07, 6.45) is 1.08. The molecule has 1 aliphatic heterocycles. The number of imidazole rings is 1. The fourth-order valence-corrected chi connectivity index (χ4v) is 4.53. The Balaban J connectivity index is 1.69. The number of benzene rings is 1. The highest BCUT2D eigenvalue weighted by atomic mass is 32.2. The molecular weight excluding hydrogens is 351 g/mol. The number of carboxylic acids is 1. The van der Waals surface area contributed by atoms with Crippen molar-refractivity contribution in [3.8, 4) is 0 Å². The van der Waals surface area contributed by atoms with Crippen LogP contribution in [-0.2, 0) is 28.5 Å². The number of carboxylic acid groups (broad SMARTS) is 1. The van der Waals surface area contributed by atoms with Crippen molar-refractivity contribution >= 4 is 27.2 Å². The van der Waals surface area contributed by atoms with Crippen LogP contribution >= 0.6 is 0 Å². The monoisotopic (exact) mass is 370 g/mol. The van der Waals surface area contributed by atoms with Gasteiger partial charge in [0.05, 0.1) is 5.52 Å². The van der Waals surface area contributed by atoms with Crippen molar-refractivity contribution < 1.29 is 22.7 Å². The van der Waals surface area contributed by atoms with E-state index in [2.05, 4.69) is 9.71 Å². The third-order valence-corrected chi connectivity index (χ3v) is 6.01. The number of halogens is 1. The maximum Gasteiger partial charge on any atom is 0.322 e. The van der Waals surface area contributed by atoms with E-state index in [4.69, 9.17) is 5.11 Å². The van der Waals surface area contributed by atoms with Gasteiger partial charge in [-0.1, -0.05) is 6.07 Å². The lowest BCUT2D eigenvalue weighted by Gasteiger charge is -2.21.